The second-order valence-corrected chi connectivity index (χ2v) is 7.80. The topological polar surface area (TPSA) is 107 Å². The van der Waals surface area contributed by atoms with Crippen LogP contribution in [0.1, 0.15) is 55.3 Å². The summed E-state index contributed by atoms with van der Waals surface area (Å²) in [6, 6.07) is 2.29. The van der Waals surface area contributed by atoms with Crippen molar-refractivity contribution in [3.8, 4) is 0 Å². The molecule has 0 aliphatic carbocycles. The van der Waals surface area contributed by atoms with Gasteiger partial charge in [-0.1, -0.05) is 19.4 Å². The van der Waals surface area contributed by atoms with Crippen LogP contribution in [0, 0.1) is 6.92 Å². The highest BCUT2D eigenvalue weighted by atomic mass is 15.3. The molecule has 0 bridgehead atoms. The van der Waals surface area contributed by atoms with Gasteiger partial charge in [-0.25, -0.2) is 4.98 Å². The highest BCUT2D eigenvalue weighted by molar-refractivity contribution is 5.86. The predicted molar refractivity (Wildman–Crippen MR) is 116 cm³/mol. The lowest BCUT2D eigenvalue weighted by Crippen LogP contribution is -2.26. The first-order chi connectivity index (χ1) is 14.2. The van der Waals surface area contributed by atoms with Crippen LogP contribution in [0.15, 0.2) is 18.5 Å². The zero-order valence-corrected chi connectivity index (χ0v) is 17.3. The first-order valence-electron chi connectivity index (χ1n) is 10.5. The first-order valence-corrected chi connectivity index (χ1v) is 10.5. The molecular weight excluding hydrogens is 364 g/mol. The van der Waals surface area contributed by atoms with Crippen molar-refractivity contribution < 1.29 is 0 Å². The zero-order chi connectivity index (χ0) is 20.2. The maximum Gasteiger partial charge on any atom is 0.222 e. The number of piperidine rings is 1. The lowest BCUT2D eigenvalue weighted by Gasteiger charge is -2.23. The summed E-state index contributed by atoms with van der Waals surface area (Å²) >= 11 is 0. The van der Waals surface area contributed by atoms with E-state index in [1.165, 1.54) is 24.0 Å². The summed E-state index contributed by atoms with van der Waals surface area (Å²) in [5.41, 5.74) is 11.1. The molecule has 8 heteroatoms. The molecule has 8 nitrogen and oxygen atoms in total. The second-order valence-electron chi connectivity index (χ2n) is 7.80. The summed E-state index contributed by atoms with van der Waals surface area (Å²) < 4.78 is 1.92. The Morgan fingerprint density at radius 2 is 2.07 bits per heavy atom. The molecule has 3 aromatic rings. The van der Waals surface area contributed by atoms with Gasteiger partial charge in [0.05, 0.1) is 18.4 Å². The van der Waals surface area contributed by atoms with Crippen LogP contribution in [-0.4, -0.2) is 44.4 Å². The first kappa shape index (κ1) is 19.6. The standard InChI is InChI=1S/C21H30N8/c1-3-4-7-24-20-19-17(27-21(22)28-20)12-26-29(19)13-18-14(2)10-16(11-25-18)15-5-8-23-9-6-15/h10-12,15,23H,3-9,13H2,1-2H3,(H3,22,24,27,28). The monoisotopic (exact) mass is 394 g/mol. The highest BCUT2D eigenvalue weighted by Gasteiger charge is 2.18. The zero-order valence-electron chi connectivity index (χ0n) is 17.3. The molecule has 0 unspecified atom stereocenters. The van der Waals surface area contributed by atoms with E-state index in [1.807, 2.05) is 10.9 Å². The number of aromatic nitrogens is 5. The Balaban J connectivity index is 1.60. The van der Waals surface area contributed by atoms with E-state index in [0.717, 1.165) is 55.0 Å². The molecule has 4 heterocycles. The highest BCUT2D eigenvalue weighted by Crippen LogP contribution is 2.27. The van der Waals surface area contributed by atoms with Crippen molar-refractivity contribution >= 4 is 22.8 Å². The van der Waals surface area contributed by atoms with Gasteiger partial charge in [0.2, 0.25) is 5.95 Å². The predicted octanol–water partition coefficient (Wildman–Crippen LogP) is 2.84. The summed E-state index contributed by atoms with van der Waals surface area (Å²) in [7, 11) is 0. The largest absolute Gasteiger partial charge is 0.368 e. The molecule has 3 aromatic heterocycles. The quantitative estimate of drug-likeness (QED) is 0.529. The third-order valence-electron chi connectivity index (χ3n) is 5.65. The number of hydrogen-bond donors (Lipinski definition) is 3. The van der Waals surface area contributed by atoms with Gasteiger partial charge in [0.15, 0.2) is 5.82 Å². The fourth-order valence-electron chi connectivity index (χ4n) is 3.95. The lowest BCUT2D eigenvalue weighted by atomic mass is 9.90. The average molecular weight is 395 g/mol. The van der Waals surface area contributed by atoms with Gasteiger partial charge in [-0.3, -0.25) is 9.67 Å². The molecule has 154 valence electrons. The summed E-state index contributed by atoms with van der Waals surface area (Å²) in [4.78, 5) is 13.5. The van der Waals surface area contributed by atoms with Crippen LogP contribution in [0.25, 0.3) is 11.0 Å². The summed E-state index contributed by atoms with van der Waals surface area (Å²) in [6.07, 6.45) is 8.32. The smallest absolute Gasteiger partial charge is 0.222 e. The Kier molecular flexibility index (Phi) is 5.89. The minimum absolute atomic E-state index is 0.261. The van der Waals surface area contributed by atoms with Gasteiger partial charge in [0, 0.05) is 12.7 Å². The molecule has 0 radical (unpaired) electrons. The summed E-state index contributed by atoms with van der Waals surface area (Å²) in [6.45, 7) is 7.89. The van der Waals surface area contributed by atoms with Gasteiger partial charge in [-0.15, -0.1) is 0 Å². The van der Waals surface area contributed by atoms with Gasteiger partial charge in [-0.2, -0.15) is 10.1 Å². The second kappa shape index (κ2) is 8.73. The third kappa shape index (κ3) is 4.32. The molecule has 4 N–H and O–H groups in total. The molecule has 1 fully saturated rings. The number of nitrogens with two attached hydrogens (primary N) is 1. The van der Waals surface area contributed by atoms with Crippen molar-refractivity contribution in [1.29, 1.82) is 0 Å². The van der Waals surface area contributed by atoms with Crippen LogP contribution in [0.4, 0.5) is 11.8 Å². The fourth-order valence-corrected chi connectivity index (χ4v) is 3.95. The Morgan fingerprint density at radius 3 is 2.83 bits per heavy atom. The van der Waals surface area contributed by atoms with Crippen LogP contribution in [0.2, 0.25) is 0 Å². The molecule has 29 heavy (non-hydrogen) atoms. The number of nitrogen functional groups attached to an aromatic ring is 1. The fraction of sp³-hybridized carbons (Fsp3) is 0.524. The Hall–Kier alpha value is -2.74. The average Bonchev–Trinajstić information content (AvgIpc) is 3.13. The molecule has 0 amide bonds. The molecule has 0 atom stereocenters. The van der Waals surface area contributed by atoms with Gasteiger partial charge >= 0.3 is 0 Å². The maximum absolute atomic E-state index is 5.89. The Labute approximate surface area is 171 Å². The minimum Gasteiger partial charge on any atom is -0.368 e. The SMILES string of the molecule is CCCCNc1nc(N)nc2cnn(Cc3ncc(C4CCNCC4)cc3C)c12. The molecule has 1 aliphatic rings. The van der Waals surface area contributed by atoms with Crippen molar-refractivity contribution in [2.75, 3.05) is 30.7 Å². The van der Waals surface area contributed by atoms with Crippen molar-refractivity contribution in [3.05, 3.63) is 35.3 Å². The van der Waals surface area contributed by atoms with E-state index in [9.17, 15) is 0 Å². The van der Waals surface area contributed by atoms with E-state index in [-0.39, 0.29) is 5.95 Å². The maximum atomic E-state index is 5.89. The van der Waals surface area contributed by atoms with Crippen LogP contribution in [0.3, 0.4) is 0 Å². The molecule has 4 rings (SSSR count). The van der Waals surface area contributed by atoms with Gasteiger partial charge in [0.25, 0.3) is 0 Å². The normalized spacial score (nSPS) is 15.1. The van der Waals surface area contributed by atoms with Gasteiger partial charge < -0.3 is 16.4 Å². The van der Waals surface area contributed by atoms with E-state index in [2.05, 4.69) is 45.6 Å². The number of fused-ring (bicyclic) bond motifs is 1. The van der Waals surface area contributed by atoms with Crippen molar-refractivity contribution in [3.63, 3.8) is 0 Å². The van der Waals surface area contributed by atoms with E-state index < -0.39 is 0 Å². The molecule has 1 saturated heterocycles. The summed E-state index contributed by atoms with van der Waals surface area (Å²) in [5.74, 6) is 1.60. The number of unbranched alkanes of at least 4 members (excludes halogenated alkanes) is 1. The third-order valence-corrected chi connectivity index (χ3v) is 5.65. The van der Waals surface area contributed by atoms with Gasteiger partial charge in [-0.05, 0) is 56.3 Å². The van der Waals surface area contributed by atoms with Crippen LogP contribution in [-0.2, 0) is 6.54 Å². The van der Waals surface area contributed by atoms with E-state index in [4.69, 9.17) is 10.7 Å². The van der Waals surface area contributed by atoms with E-state index >= 15 is 0 Å². The number of aryl methyl sites for hydroxylation is 1. The lowest BCUT2D eigenvalue weighted by molar-refractivity contribution is 0.459. The number of nitrogens with zero attached hydrogens (tertiary/aromatic N) is 5. The molecule has 0 saturated carbocycles. The number of hydrogen-bond acceptors (Lipinski definition) is 7. The Bertz CT molecular complexity index is 974. The summed E-state index contributed by atoms with van der Waals surface area (Å²) in [5, 5.41) is 11.4. The minimum atomic E-state index is 0.261. The Morgan fingerprint density at radius 1 is 1.24 bits per heavy atom. The molecule has 1 aliphatic heterocycles. The van der Waals surface area contributed by atoms with Gasteiger partial charge in [0.1, 0.15) is 11.0 Å². The number of anilines is 2. The number of rotatable bonds is 7. The van der Waals surface area contributed by atoms with Crippen molar-refractivity contribution in [2.24, 2.45) is 0 Å². The van der Waals surface area contributed by atoms with Crippen molar-refractivity contribution in [1.82, 2.24) is 30.0 Å². The van der Waals surface area contributed by atoms with Crippen LogP contribution in [0.5, 0.6) is 0 Å². The van der Waals surface area contributed by atoms with Crippen molar-refractivity contribution in [2.45, 2.75) is 52.0 Å². The van der Waals surface area contributed by atoms with Crippen LogP contribution >= 0.6 is 0 Å². The number of pyridine rings is 1. The number of nitrogens with one attached hydrogen (secondary N) is 2. The van der Waals surface area contributed by atoms with E-state index in [1.54, 1.807) is 6.20 Å². The molecule has 0 spiro atoms. The van der Waals surface area contributed by atoms with E-state index in [0.29, 0.717) is 12.5 Å². The molecule has 0 aromatic carbocycles. The van der Waals surface area contributed by atoms with Crippen LogP contribution < -0.4 is 16.4 Å². The molecular formula is C21H30N8.